The van der Waals surface area contributed by atoms with Gasteiger partial charge in [-0.1, -0.05) is 30.3 Å². The third-order valence-corrected chi connectivity index (χ3v) is 2.90. The van der Waals surface area contributed by atoms with E-state index in [1.54, 1.807) is 54.6 Å². The van der Waals surface area contributed by atoms with E-state index in [2.05, 4.69) is 5.32 Å². The molecule has 0 fully saturated rings. The lowest BCUT2D eigenvalue weighted by atomic mass is 10.1. The maximum Gasteiger partial charge on any atom is 0.338 e. The second-order valence-electron chi connectivity index (χ2n) is 4.63. The minimum atomic E-state index is -0.562. The van der Waals surface area contributed by atoms with Gasteiger partial charge in [0, 0.05) is 11.3 Å². The number of carbonyl (C=O) groups excluding carboxylic acids is 3. The first-order valence-electron chi connectivity index (χ1n) is 6.69. The number of benzene rings is 2. The van der Waals surface area contributed by atoms with Crippen LogP contribution in [0.4, 0.5) is 5.69 Å². The highest BCUT2D eigenvalue weighted by atomic mass is 16.5. The van der Waals surface area contributed by atoms with Gasteiger partial charge in [0.1, 0.15) is 0 Å². The third kappa shape index (κ3) is 4.28. The van der Waals surface area contributed by atoms with Crippen molar-refractivity contribution in [3.63, 3.8) is 0 Å². The smallest absolute Gasteiger partial charge is 0.338 e. The zero-order valence-electron chi connectivity index (χ0n) is 12.0. The fourth-order valence-corrected chi connectivity index (χ4v) is 1.80. The first-order chi connectivity index (χ1) is 10.6. The zero-order valence-corrected chi connectivity index (χ0v) is 12.0. The number of anilines is 1. The molecule has 0 unspecified atom stereocenters. The van der Waals surface area contributed by atoms with Gasteiger partial charge in [-0.3, -0.25) is 9.59 Å². The maximum absolute atomic E-state index is 11.8. The van der Waals surface area contributed by atoms with E-state index in [9.17, 15) is 14.4 Å². The highest BCUT2D eigenvalue weighted by molar-refractivity contribution is 5.98. The topological polar surface area (TPSA) is 72.5 Å². The zero-order chi connectivity index (χ0) is 15.9. The summed E-state index contributed by atoms with van der Waals surface area (Å²) in [6.45, 7) is 1.06. The molecule has 0 heterocycles. The minimum absolute atomic E-state index is 0.0911. The van der Waals surface area contributed by atoms with Crippen molar-refractivity contribution in [2.45, 2.75) is 6.92 Å². The van der Waals surface area contributed by atoms with Crippen LogP contribution in [-0.4, -0.2) is 24.3 Å². The maximum atomic E-state index is 11.8. The van der Waals surface area contributed by atoms with E-state index in [0.29, 0.717) is 16.8 Å². The molecule has 112 valence electrons. The number of amides is 1. The predicted molar refractivity (Wildman–Crippen MR) is 81.8 cm³/mol. The first-order valence-corrected chi connectivity index (χ1v) is 6.69. The molecule has 0 aliphatic heterocycles. The molecule has 1 N–H and O–H groups in total. The van der Waals surface area contributed by atoms with Crippen LogP contribution in [0.2, 0.25) is 0 Å². The van der Waals surface area contributed by atoms with Crippen LogP contribution in [0.3, 0.4) is 0 Å². The molecule has 0 bridgehead atoms. The van der Waals surface area contributed by atoms with Crippen LogP contribution in [0.1, 0.15) is 27.6 Å². The number of rotatable bonds is 5. The molecule has 0 aromatic heterocycles. The van der Waals surface area contributed by atoms with Crippen LogP contribution < -0.4 is 5.32 Å². The molecule has 0 spiro atoms. The van der Waals surface area contributed by atoms with Gasteiger partial charge < -0.3 is 10.1 Å². The Bertz CT molecular complexity index is 695. The molecule has 2 aromatic rings. The highest BCUT2D eigenvalue weighted by Gasteiger charge is 2.10. The number of hydrogen-bond donors (Lipinski definition) is 1. The van der Waals surface area contributed by atoms with E-state index in [1.165, 1.54) is 6.92 Å². The Morgan fingerprint density at radius 1 is 0.955 bits per heavy atom. The van der Waals surface area contributed by atoms with E-state index in [-0.39, 0.29) is 5.78 Å². The van der Waals surface area contributed by atoms with Crippen molar-refractivity contribution in [3.05, 3.63) is 65.7 Å². The molecule has 0 aliphatic rings. The number of carbonyl (C=O) groups is 3. The van der Waals surface area contributed by atoms with Gasteiger partial charge in [0.25, 0.3) is 5.91 Å². The van der Waals surface area contributed by atoms with Crippen molar-refractivity contribution >= 4 is 23.3 Å². The van der Waals surface area contributed by atoms with Gasteiger partial charge in [-0.25, -0.2) is 4.79 Å². The molecule has 2 rings (SSSR count). The van der Waals surface area contributed by atoms with Gasteiger partial charge in [0.15, 0.2) is 12.4 Å². The average Bonchev–Trinajstić information content (AvgIpc) is 2.53. The van der Waals surface area contributed by atoms with E-state index < -0.39 is 18.5 Å². The summed E-state index contributed by atoms with van der Waals surface area (Å²) in [5.74, 6) is -1.12. The molecule has 1 amide bonds. The van der Waals surface area contributed by atoms with Crippen molar-refractivity contribution in [1.29, 1.82) is 0 Å². The summed E-state index contributed by atoms with van der Waals surface area (Å²) in [7, 11) is 0. The summed E-state index contributed by atoms with van der Waals surface area (Å²) in [5.41, 5.74) is 1.36. The summed E-state index contributed by atoms with van der Waals surface area (Å²) in [5, 5.41) is 2.58. The van der Waals surface area contributed by atoms with Crippen LogP contribution in [0.15, 0.2) is 54.6 Å². The van der Waals surface area contributed by atoms with Gasteiger partial charge in [-0.05, 0) is 31.2 Å². The van der Waals surface area contributed by atoms with Crippen molar-refractivity contribution in [3.8, 4) is 0 Å². The molecule has 5 heteroatoms. The lowest BCUT2D eigenvalue weighted by Crippen LogP contribution is -2.21. The fraction of sp³-hybridized carbons (Fsp3) is 0.118. The number of nitrogens with one attached hydrogen (secondary N) is 1. The average molecular weight is 297 g/mol. The van der Waals surface area contributed by atoms with Gasteiger partial charge in [-0.15, -0.1) is 0 Å². The SMILES string of the molecule is CC(=O)c1cccc(NC(=O)COC(=O)c2ccccc2)c1. The molecular weight excluding hydrogens is 282 g/mol. The molecule has 0 atom stereocenters. The van der Waals surface area contributed by atoms with E-state index >= 15 is 0 Å². The van der Waals surface area contributed by atoms with Crippen LogP contribution in [-0.2, 0) is 9.53 Å². The number of ketones is 1. The molecular formula is C17H15NO4. The Morgan fingerprint density at radius 3 is 2.32 bits per heavy atom. The Balaban J connectivity index is 1.89. The Kier molecular flexibility index (Phi) is 5.03. The standard InChI is InChI=1S/C17H15NO4/c1-12(19)14-8-5-9-15(10-14)18-16(20)11-22-17(21)13-6-3-2-4-7-13/h2-10H,11H2,1H3,(H,18,20). The van der Waals surface area contributed by atoms with Crippen molar-refractivity contribution in [2.24, 2.45) is 0 Å². The van der Waals surface area contributed by atoms with Crippen LogP contribution >= 0.6 is 0 Å². The minimum Gasteiger partial charge on any atom is -0.452 e. The van der Waals surface area contributed by atoms with Crippen LogP contribution in [0.25, 0.3) is 0 Å². The number of ether oxygens (including phenoxy) is 1. The van der Waals surface area contributed by atoms with Gasteiger partial charge >= 0.3 is 5.97 Å². The van der Waals surface area contributed by atoms with Crippen molar-refractivity contribution in [1.82, 2.24) is 0 Å². The lowest BCUT2D eigenvalue weighted by molar-refractivity contribution is -0.119. The normalized spacial score (nSPS) is 9.86. The number of esters is 1. The van der Waals surface area contributed by atoms with Crippen molar-refractivity contribution < 1.29 is 19.1 Å². The van der Waals surface area contributed by atoms with Crippen LogP contribution in [0.5, 0.6) is 0 Å². The fourth-order valence-electron chi connectivity index (χ4n) is 1.80. The summed E-state index contributed by atoms with van der Waals surface area (Å²) in [4.78, 5) is 34.7. The molecule has 0 aliphatic carbocycles. The quantitative estimate of drug-likeness (QED) is 0.680. The Morgan fingerprint density at radius 2 is 1.64 bits per heavy atom. The van der Waals surface area contributed by atoms with Gasteiger partial charge in [-0.2, -0.15) is 0 Å². The van der Waals surface area contributed by atoms with Crippen molar-refractivity contribution in [2.75, 3.05) is 11.9 Å². The lowest BCUT2D eigenvalue weighted by Gasteiger charge is -2.07. The first kappa shape index (κ1) is 15.4. The van der Waals surface area contributed by atoms with Gasteiger partial charge in [0.2, 0.25) is 0 Å². The molecule has 2 aromatic carbocycles. The van der Waals surface area contributed by atoms with E-state index in [0.717, 1.165) is 0 Å². The second-order valence-corrected chi connectivity index (χ2v) is 4.63. The Hall–Kier alpha value is -2.95. The molecule has 0 saturated heterocycles. The second kappa shape index (κ2) is 7.17. The third-order valence-electron chi connectivity index (χ3n) is 2.90. The molecule has 0 saturated carbocycles. The summed E-state index contributed by atoms with van der Waals surface area (Å²) in [6, 6.07) is 15.0. The Labute approximate surface area is 127 Å². The number of hydrogen-bond acceptors (Lipinski definition) is 4. The summed E-state index contributed by atoms with van der Waals surface area (Å²) >= 11 is 0. The van der Waals surface area contributed by atoms with E-state index in [4.69, 9.17) is 4.74 Å². The molecule has 22 heavy (non-hydrogen) atoms. The molecule has 0 radical (unpaired) electrons. The van der Waals surface area contributed by atoms with Gasteiger partial charge in [0.05, 0.1) is 5.56 Å². The van der Waals surface area contributed by atoms with Crippen LogP contribution in [0, 0.1) is 0 Å². The number of Topliss-reactive ketones (excluding diaryl/α,β-unsaturated/α-hetero) is 1. The molecule has 5 nitrogen and oxygen atoms in total. The van der Waals surface area contributed by atoms with E-state index in [1.807, 2.05) is 0 Å². The largest absolute Gasteiger partial charge is 0.452 e. The highest BCUT2D eigenvalue weighted by Crippen LogP contribution is 2.11. The monoisotopic (exact) mass is 297 g/mol. The summed E-state index contributed by atoms with van der Waals surface area (Å²) in [6.07, 6.45) is 0. The predicted octanol–water partition coefficient (Wildman–Crippen LogP) is 2.68. The summed E-state index contributed by atoms with van der Waals surface area (Å²) < 4.78 is 4.92.